The predicted octanol–water partition coefficient (Wildman–Crippen LogP) is 5.34. The lowest BCUT2D eigenvalue weighted by Gasteiger charge is -2.40. The van der Waals surface area contributed by atoms with Crippen LogP contribution in [-0.4, -0.2) is 30.4 Å². The first-order valence-electron chi connectivity index (χ1n) is 11.5. The third kappa shape index (κ3) is 4.20. The van der Waals surface area contributed by atoms with Gasteiger partial charge in [-0.25, -0.2) is 4.39 Å². The van der Waals surface area contributed by atoms with Gasteiger partial charge in [-0.15, -0.1) is 0 Å². The highest BCUT2D eigenvalue weighted by Gasteiger charge is 2.46. The number of hydrogen-bond acceptors (Lipinski definition) is 2. The van der Waals surface area contributed by atoms with Crippen molar-refractivity contribution in [3.63, 3.8) is 0 Å². The molecule has 0 radical (unpaired) electrons. The van der Waals surface area contributed by atoms with E-state index in [1.165, 1.54) is 17.2 Å². The third-order valence-corrected chi connectivity index (χ3v) is 7.12. The van der Waals surface area contributed by atoms with Crippen LogP contribution >= 0.6 is 0 Å². The first-order valence-corrected chi connectivity index (χ1v) is 11.5. The molecule has 2 aliphatic heterocycles. The Hall–Kier alpha value is -2.98. The number of nitrogens with zero attached hydrogens (tertiary/aromatic N) is 2. The lowest BCUT2D eigenvalue weighted by Crippen LogP contribution is -2.45. The van der Waals surface area contributed by atoms with E-state index in [2.05, 4.69) is 41.3 Å². The normalized spacial score (nSPS) is 17.5. The Morgan fingerprint density at radius 2 is 1.53 bits per heavy atom. The highest BCUT2D eigenvalue weighted by Crippen LogP contribution is 2.47. The van der Waals surface area contributed by atoms with E-state index in [9.17, 15) is 9.18 Å². The topological polar surface area (TPSA) is 23.6 Å². The lowest BCUT2D eigenvalue weighted by molar-refractivity contribution is -0.118. The molecule has 2 heterocycles. The fraction of sp³-hybridized carbons (Fsp3) is 0.321. The van der Waals surface area contributed by atoms with Crippen LogP contribution in [0, 0.1) is 5.82 Å². The van der Waals surface area contributed by atoms with E-state index in [0.717, 1.165) is 50.1 Å². The number of likely N-dealkylation sites (tertiary alicyclic amines) is 1. The van der Waals surface area contributed by atoms with Gasteiger partial charge in [-0.1, -0.05) is 60.7 Å². The second-order valence-corrected chi connectivity index (χ2v) is 9.17. The number of anilines is 1. The van der Waals surface area contributed by atoms with Gasteiger partial charge in [0.05, 0.1) is 0 Å². The number of amides is 1. The van der Waals surface area contributed by atoms with E-state index >= 15 is 0 Å². The zero-order chi connectivity index (χ0) is 22.0. The van der Waals surface area contributed by atoms with Crippen LogP contribution in [0.4, 0.5) is 10.1 Å². The lowest BCUT2D eigenvalue weighted by atomic mass is 9.74. The van der Waals surface area contributed by atoms with E-state index in [4.69, 9.17) is 0 Å². The molecule has 0 aromatic heterocycles. The first kappa shape index (κ1) is 20.9. The van der Waals surface area contributed by atoms with Crippen LogP contribution < -0.4 is 4.90 Å². The zero-order valence-electron chi connectivity index (χ0n) is 18.3. The summed E-state index contributed by atoms with van der Waals surface area (Å²) in [6.45, 7) is 3.51. The Labute approximate surface area is 189 Å². The first-order chi connectivity index (χ1) is 15.6. The minimum atomic E-state index is -0.214. The Kier molecular flexibility index (Phi) is 5.79. The molecule has 2 aliphatic rings. The maximum Gasteiger partial charge on any atom is 0.227 e. The van der Waals surface area contributed by atoms with Crippen molar-refractivity contribution in [2.24, 2.45) is 0 Å². The number of fused-ring (bicyclic) bond motifs is 2. The molecule has 5 rings (SSSR count). The fourth-order valence-electron chi connectivity index (χ4n) is 5.30. The van der Waals surface area contributed by atoms with Gasteiger partial charge in [0.2, 0.25) is 5.91 Å². The average Bonchev–Trinajstić information content (AvgIpc) is 3.14. The SMILES string of the molecule is O=C(CCc1ccccc1)N1CC2(CCN(Cc3ccccc3)CC2)c2cc(F)ccc21. The van der Waals surface area contributed by atoms with Crippen molar-refractivity contribution in [3.8, 4) is 0 Å². The number of carbonyl (C=O) groups is 1. The van der Waals surface area contributed by atoms with Crippen molar-refractivity contribution in [3.05, 3.63) is 101 Å². The summed E-state index contributed by atoms with van der Waals surface area (Å²) in [7, 11) is 0. The molecule has 0 unspecified atom stereocenters. The van der Waals surface area contributed by atoms with Crippen LogP contribution in [0.2, 0.25) is 0 Å². The van der Waals surface area contributed by atoms with E-state index < -0.39 is 0 Å². The second kappa shape index (κ2) is 8.87. The largest absolute Gasteiger partial charge is 0.311 e. The molecule has 3 aromatic rings. The van der Waals surface area contributed by atoms with Crippen LogP contribution in [0.3, 0.4) is 0 Å². The van der Waals surface area contributed by atoms with Crippen molar-refractivity contribution in [2.75, 3.05) is 24.5 Å². The molecule has 1 saturated heterocycles. The van der Waals surface area contributed by atoms with Crippen LogP contribution in [0.5, 0.6) is 0 Å². The van der Waals surface area contributed by atoms with Gasteiger partial charge in [0.1, 0.15) is 5.82 Å². The number of aryl methyl sites for hydroxylation is 1. The number of carbonyl (C=O) groups excluding carboxylic acids is 1. The van der Waals surface area contributed by atoms with Crippen molar-refractivity contribution in [2.45, 2.75) is 37.6 Å². The van der Waals surface area contributed by atoms with Gasteiger partial charge >= 0.3 is 0 Å². The van der Waals surface area contributed by atoms with Crippen molar-refractivity contribution >= 4 is 11.6 Å². The quantitative estimate of drug-likeness (QED) is 0.548. The molecule has 1 amide bonds. The summed E-state index contributed by atoms with van der Waals surface area (Å²) in [5.74, 6) is -0.0845. The van der Waals surface area contributed by atoms with Gasteiger partial charge in [-0.05, 0) is 67.2 Å². The van der Waals surface area contributed by atoms with Crippen molar-refractivity contribution in [1.82, 2.24) is 4.90 Å². The summed E-state index contributed by atoms with van der Waals surface area (Å²) in [5.41, 5.74) is 4.26. The molecule has 164 valence electrons. The highest BCUT2D eigenvalue weighted by atomic mass is 19.1. The summed E-state index contributed by atoms with van der Waals surface area (Å²) in [6, 6.07) is 25.6. The van der Waals surface area contributed by atoms with Crippen LogP contribution in [0.15, 0.2) is 78.9 Å². The monoisotopic (exact) mass is 428 g/mol. The molecule has 32 heavy (non-hydrogen) atoms. The molecular weight excluding hydrogens is 399 g/mol. The maximum atomic E-state index is 14.2. The van der Waals surface area contributed by atoms with Gasteiger partial charge in [-0.2, -0.15) is 0 Å². The number of piperidine rings is 1. The van der Waals surface area contributed by atoms with E-state index in [1.54, 1.807) is 12.1 Å². The van der Waals surface area contributed by atoms with Crippen LogP contribution in [-0.2, 0) is 23.2 Å². The Bertz CT molecular complexity index is 1080. The molecule has 1 fully saturated rings. The summed E-state index contributed by atoms with van der Waals surface area (Å²) in [6.07, 6.45) is 3.08. The number of benzene rings is 3. The van der Waals surface area contributed by atoms with Gasteiger partial charge in [0.25, 0.3) is 0 Å². The zero-order valence-corrected chi connectivity index (χ0v) is 18.3. The molecule has 0 N–H and O–H groups in total. The van der Waals surface area contributed by atoms with Crippen molar-refractivity contribution < 1.29 is 9.18 Å². The van der Waals surface area contributed by atoms with E-state index in [1.807, 2.05) is 29.2 Å². The number of rotatable bonds is 5. The summed E-state index contributed by atoms with van der Waals surface area (Å²) < 4.78 is 14.2. The molecule has 0 atom stereocenters. The molecular formula is C28H29FN2O. The van der Waals surface area contributed by atoms with Gasteiger partial charge in [-0.3, -0.25) is 9.69 Å². The maximum absolute atomic E-state index is 14.2. The van der Waals surface area contributed by atoms with E-state index in [-0.39, 0.29) is 17.1 Å². The Morgan fingerprint density at radius 1 is 0.875 bits per heavy atom. The molecule has 1 spiro atoms. The van der Waals surface area contributed by atoms with Gasteiger partial charge < -0.3 is 4.90 Å². The molecule has 3 aromatic carbocycles. The minimum Gasteiger partial charge on any atom is -0.311 e. The summed E-state index contributed by atoms with van der Waals surface area (Å²) in [5, 5.41) is 0. The highest BCUT2D eigenvalue weighted by molar-refractivity contribution is 5.96. The van der Waals surface area contributed by atoms with Crippen LogP contribution in [0.1, 0.15) is 36.0 Å². The molecule has 0 saturated carbocycles. The second-order valence-electron chi connectivity index (χ2n) is 9.17. The van der Waals surface area contributed by atoms with Gasteiger partial charge in [0, 0.05) is 30.6 Å². The fourth-order valence-corrected chi connectivity index (χ4v) is 5.30. The third-order valence-electron chi connectivity index (χ3n) is 7.12. The summed E-state index contributed by atoms with van der Waals surface area (Å²) in [4.78, 5) is 17.6. The Balaban J connectivity index is 1.31. The van der Waals surface area contributed by atoms with Crippen molar-refractivity contribution in [1.29, 1.82) is 0 Å². The average molecular weight is 429 g/mol. The van der Waals surface area contributed by atoms with Gasteiger partial charge in [0.15, 0.2) is 0 Å². The predicted molar refractivity (Wildman–Crippen MR) is 126 cm³/mol. The van der Waals surface area contributed by atoms with Crippen LogP contribution in [0.25, 0.3) is 0 Å². The molecule has 0 aliphatic carbocycles. The standard InChI is InChI=1S/C28H29FN2O/c29-24-12-13-26-25(19-24)28(15-17-30(18-16-28)20-23-9-5-2-6-10-23)21-31(26)27(32)14-11-22-7-3-1-4-8-22/h1-10,12-13,19H,11,14-18,20-21H2. The smallest absolute Gasteiger partial charge is 0.227 e. The Morgan fingerprint density at radius 3 is 2.22 bits per heavy atom. The molecule has 0 bridgehead atoms. The van der Waals surface area contributed by atoms with E-state index in [0.29, 0.717) is 13.0 Å². The number of hydrogen-bond donors (Lipinski definition) is 0. The minimum absolute atomic E-state index is 0.130. The molecule has 3 nitrogen and oxygen atoms in total. The molecule has 4 heteroatoms. The summed E-state index contributed by atoms with van der Waals surface area (Å²) >= 11 is 0. The number of halogens is 1.